The summed E-state index contributed by atoms with van der Waals surface area (Å²) >= 11 is 0. The van der Waals surface area contributed by atoms with E-state index in [0.29, 0.717) is 18.8 Å². The molecular weight excluding hydrogens is 436 g/mol. The van der Waals surface area contributed by atoms with Crippen molar-refractivity contribution in [2.75, 3.05) is 6.54 Å². The van der Waals surface area contributed by atoms with Crippen molar-refractivity contribution in [2.45, 2.75) is 38.8 Å². The lowest BCUT2D eigenvalue weighted by molar-refractivity contribution is 0.306. The summed E-state index contributed by atoms with van der Waals surface area (Å²) < 4.78 is 8.26. The highest BCUT2D eigenvalue weighted by Crippen LogP contribution is 2.33. The highest BCUT2D eigenvalue weighted by atomic mass is 16.5. The Hall–Kier alpha value is -3.90. The smallest absolute Gasteiger partial charge is 0.275 e. The molecule has 6 heteroatoms. The molecule has 6 nitrogen and oxygen atoms in total. The SMILES string of the molecule is NCCCn1cc(-c2nc3cc4c(cc3[nH]c2=O)CCC4)c2cc(OCc3ccccc3)ccc21. The van der Waals surface area contributed by atoms with Gasteiger partial charge in [0.15, 0.2) is 0 Å². The van der Waals surface area contributed by atoms with E-state index in [0.717, 1.165) is 71.0 Å². The molecule has 0 unspecified atom stereocenters. The summed E-state index contributed by atoms with van der Waals surface area (Å²) in [6.07, 6.45) is 6.17. The number of hydrogen-bond acceptors (Lipinski definition) is 4. The summed E-state index contributed by atoms with van der Waals surface area (Å²) in [5.41, 5.74) is 13.3. The topological polar surface area (TPSA) is 85.9 Å². The van der Waals surface area contributed by atoms with E-state index in [1.165, 1.54) is 11.1 Å². The molecule has 5 aromatic rings. The van der Waals surface area contributed by atoms with Crippen LogP contribution >= 0.6 is 0 Å². The molecule has 1 aliphatic rings. The van der Waals surface area contributed by atoms with Crippen molar-refractivity contribution in [3.05, 3.63) is 93.9 Å². The van der Waals surface area contributed by atoms with Gasteiger partial charge in [0.05, 0.1) is 11.0 Å². The number of aromatic nitrogens is 3. The minimum atomic E-state index is -0.177. The van der Waals surface area contributed by atoms with Crippen LogP contribution in [0.1, 0.15) is 29.5 Å². The first-order valence-corrected chi connectivity index (χ1v) is 12.3. The van der Waals surface area contributed by atoms with Gasteiger partial charge < -0.3 is 20.0 Å². The van der Waals surface area contributed by atoms with Crippen LogP contribution in [0.2, 0.25) is 0 Å². The summed E-state index contributed by atoms with van der Waals surface area (Å²) in [5.74, 6) is 0.759. The van der Waals surface area contributed by atoms with E-state index in [-0.39, 0.29) is 5.56 Å². The Bertz CT molecular complexity index is 1580. The molecule has 35 heavy (non-hydrogen) atoms. The molecule has 0 amide bonds. The van der Waals surface area contributed by atoms with E-state index in [4.69, 9.17) is 15.5 Å². The molecule has 0 bridgehead atoms. The average Bonchev–Trinajstić information content (AvgIpc) is 3.49. The second kappa shape index (κ2) is 9.04. The Kier molecular flexibility index (Phi) is 5.58. The number of hydrogen-bond donors (Lipinski definition) is 2. The third-order valence-corrected chi connectivity index (χ3v) is 6.86. The van der Waals surface area contributed by atoms with Crippen molar-refractivity contribution in [3.63, 3.8) is 0 Å². The summed E-state index contributed by atoms with van der Waals surface area (Å²) in [5, 5.41) is 0.950. The molecule has 6 rings (SSSR count). The van der Waals surface area contributed by atoms with Crippen molar-refractivity contribution < 1.29 is 4.74 Å². The fourth-order valence-corrected chi connectivity index (χ4v) is 5.08. The van der Waals surface area contributed by atoms with Crippen LogP contribution in [0, 0.1) is 0 Å². The minimum Gasteiger partial charge on any atom is -0.489 e. The Morgan fingerprint density at radius 1 is 1.03 bits per heavy atom. The Labute approximate surface area is 203 Å². The zero-order valence-electron chi connectivity index (χ0n) is 19.6. The fraction of sp³-hybridized carbons (Fsp3) is 0.241. The second-order valence-electron chi connectivity index (χ2n) is 9.24. The lowest BCUT2D eigenvalue weighted by Gasteiger charge is -2.08. The molecule has 0 atom stereocenters. The standard InChI is InChI=1S/C29H28N4O2/c30-12-5-13-33-17-24(23-16-22(10-11-27(23)33)35-18-19-6-2-1-3-7-19)28-29(34)32-26-15-21-9-4-8-20(21)14-25(26)31-28/h1-3,6-7,10-11,14-17H,4-5,8-9,12-13,18,30H2,(H,32,34). The lowest BCUT2D eigenvalue weighted by Crippen LogP contribution is -2.11. The van der Waals surface area contributed by atoms with Crippen LogP contribution in [-0.2, 0) is 26.0 Å². The summed E-state index contributed by atoms with van der Waals surface area (Å²) in [4.78, 5) is 21.2. The van der Waals surface area contributed by atoms with Gasteiger partial charge in [0.25, 0.3) is 5.56 Å². The van der Waals surface area contributed by atoms with Crippen LogP contribution in [0.25, 0.3) is 33.2 Å². The van der Waals surface area contributed by atoms with Gasteiger partial charge in [-0.1, -0.05) is 30.3 Å². The van der Waals surface area contributed by atoms with Crippen molar-refractivity contribution in [1.82, 2.24) is 14.5 Å². The molecule has 3 N–H and O–H groups in total. The van der Waals surface area contributed by atoms with Gasteiger partial charge in [-0.15, -0.1) is 0 Å². The first kappa shape index (κ1) is 21.6. The third-order valence-electron chi connectivity index (χ3n) is 6.86. The first-order chi connectivity index (χ1) is 17.2. The van der Waals surface area contributed by atoms with E-state index in [1.54, 1.807) is 0 Å². The molecule has 2 aromatic heterocycles. The maximum atomic E-state index is 13.2. The highest BCUT2D eigenvalue weighted by Gasteiger charge is 2.18. The van der Waals surface area contributed by atoms with Gasteiger partial charge >= 0.3 is 0 Å². The lowest BCUT2D eigenvalue weighted by atomic mass is 10.1. The van der Waals surface area contributed by atoms with E-state index >= 15 is 0 Å². The van der Waals surface area contributed by atoms with Crippen molar-refractivity contribution in [3.8, 4) is 17.0 Å². The quantitative estimate of drug-likeness (QED) is 0.356. The zero-order valence-corrected chi connectivity index (χ0v) is 19.6. The highest BCUT2D eigenvalue weighted by molar-refractivity contribution is 5.96. The van der Waals surface area contributed by atoms with Gasteiger partial charge in [-0.3, -0.25) is 4.79 Å². The van der Waals surface area contributed by atoms with E-state index in [2.05, 4.69) is 27.8 Å². The summed E-state index contributed by atoms with van der Waals surface area (Å²) in [7, 11) is 0. The number of ether oxygens (including phenoxy) is 1. The van der Waals surface area contributed by atoms with Crippen LogP contribution in [0.15, 0.2) is 71.7 Å². The molecule has 0 aliphatic heterocycles. The fourth-order valence-electron chi connectivity index (χ4n) is 5.08. The molecule has 0 fully saturated rings. The van der Waals surface area contributed by atoms with E-state index in [1.807, 2.05) is 48.7 Å². The number of aryl methyl sites for hydroxylation is 3. The number of nitrogens with one attached hydrogen (secondary N) is 1. The van der Waals surface area contributed by atoms with Gasteiger partial charge in [0.2, 0.25) is 0 Å². The van der Waals surface area contributed by atoms with Gasteiger partial charge in [-0.25, -0.2) is 4.98 Å². The number of nitrogens with two attached hydrogens (primary N) is 1. The maximum absolute atomic E-state index is 13.2. The molecule has 0 saturated heterocycles. The van der Waals surface area contributed by atoms with Gasteiger partial charge in [0, 0.05) is 29.2 Å². The number of H-pyrrole nitrogens is 1. The normalized spacial score (nSPS) is 12.9. The van der Waals surface area contributed by atoms with Gasteiger partial charge in [0.1, 0.15) is 18.1 Å². The van der Waals surface area contributed by atoms with Gasteiger partial charge in [-0.2, -0.15) is 0 Å². The predicted octanol–water partition coefficient (Wildman–Crippen LogP) is 4.96. The number of nitrogens with zero attached hydrogens (tertiary/aromatic N) is 2. The zero-order chi connectivity index (χ0) is 23.8. The van der Waals surface area contributed by atoms with E-state index in [9.17, 15) is 4.79 Å². The van der Waals surface area contributed by atoms with Crippen molar-refractivity contribution in [1.29, 1.82) is 0 Å². The Morgan fingerprint density at radius 2 is 1.86 bits per heavy atom. The van der Waals surface area contributed by atoms with Gasteiger partial charge in [-0.05, 0) is 79.3 Å². The minimum absolute atomic E-state index is 0.177. The molecule has 1 aliphatic carbocycles. The molecule has 176 valence electrons. The van der Waals surface area contributed by atoms with Crippen LogP contribution in [-0.4, -0.2) is 21.1 Å². The number of fused-ring (bicyclic) bond motifs is 3. The Balaban J connectivity index is 1.45. The average molecular weight is 465 g/mol. The second-order valence-corrected chi connectivity index (χ2v) is 9.24. The molecule has 3 aromatic carbocycles. The van der Waals surface area contributed by atoms with Crippen LogP contribution in [0.4, 0.5) is 0 Å². The van der Waals surface area contributed by atoms with Crippen LogP contribution in [0.5, 0.6) is 5.75 Å². The predicted molar refractivity (Wildman–Crippen MR) is 140 cm³/mol. The van der Waals surface area contributed by atoms with Crippen LogP contribution < -0.4 is 16.0 Å². The van der Waals surface area contributed by atoms with Crippen molar-refractivity contribution >= 4 is 21.9 Å². The third kappa shape index (κ3) is 4.10. The number of rotatable bonds is 7. The number of benzene rings is 3. The number of aromatic amines is 1. The van der Waals surface area contributed by atoms with E-state index < -0.39 is 0 Å². The summed E-state index contributed by atoms with van der Waals surface area (Å²) in [6, 6.07) is 20.4. The van der Waals surface area contributed by atoms with Crippen molar-refractivity contribution in [2.24, 2.45) is 5.73 Å². The monoisotopic (exact) mass is 464 g/mol. The molecule has 0 radical (unpaired) electrons. The first-order valence-electron chi connectivity index (χ1n) is 12.3. The maximum Gasteiger partial charge on any atom is 0.275 e. The van der Waals surface area contributed by atoms with Crippen LogP contribution in [0.3, 0.4) is 0 Å². The summed E-state index contributed by atoms with van der Waals surface area (Å²) in [6.45, 7) is 1.86. The molecular formula is C29H28N4O2. The Morgan fingerprint density at radius 3 is 2.69 bits per heavy atom. The molecule has 0 saturated carbocycles. The molecule has 0 spiro atoms. The molecule has 2 heterocycles. The largest absolute Gasteiger partial charge is 0.489 e.